The number of carbonyl (C=O) groups is 1. The Balaban J connectivity index is 1.67. The van der Waals surface area contributed by atoms with E-state index in [1.807, 2.05) is 34.9 Å². The van der Waals surface area contributed by atoms with Crippen molar-refractivity contribution in [1.82, 2.24) is 19.7 Å². The summed E-state index contributed by atoms with van der Waals surface area (Å²) in [6.45, 7) is 6.00. The van der Waals surface area contributed by atoms with Gasteiger partial charge in [-0.3, -0.25) is 24.5 Å². The van der Waals surface area contributed by atoms with Crippen LogP contribution in [-0.2, 0) is 4.79 Å². The van der Waals surface area contributed by atoms with Gasteiger partial charge in [-0.1, -0.05) is 49.9 Å². The molecule has 1 unspecified atom stereocenters. The molecule has 0 bridgehead atoms. The van der Waals surface area contributed by atoms with Crippen molar-refractivity contribution in [2.75, 3.05) is 5.32 Å². The lowest BCUT2D eigenvalue weighted by atomic mass is 10.0. The Bertz CT molecular complexity index is 1360. The number of pyridine rings is 1. The van der Waals surface area contributed by atoms with Crippen LogP contribution in [0.15, 0.2) is 78.2 Å². The maximum absolute atomic E-state index is 12.9. The Morgan fingerprint density at radius 1 is 1.06 bits per heavy atom. The summed E-state index contributed by atoms with van der Waals surface area (Å²) in [5, 5.41) is 22.7. The predicted molar refractivity (Wildman–Crippen MR) is 136 cm³/mol. The van der Waals surface area contributed by atoms with E-state index in [0.29, 0.717) is 16.7 Å². The molecule has 0 saturated heterocycles. The van der Waals surface area contributed by atoms with E-state index in [9.17, 15) is 14.9 Å². The second-order valence-corrected chi connectivity index (χ2v) is 9.46. The molecule has 2 aromatic heterocycles. The summed E-state index contributed by atoms with van der Waals surface area (Å²) in [7, 11) is 0. The maximum atomic E-state index is 12.9. The van der Waals surface area contributed by atoms with E-state index < -0.39 is 10.2 Å². The zero-order valence-electron chi connectivity index (χ0n) is 19.5. The summed E-state index contributed by atoms with van der Waals surface area (Å²) in [6.07, 6.45) is 3.42. The molecule has 10 heteroatoms. The van der Waals surface area contributed by atoms with Crippen molar-refractivity contribution in [3.05, 3.63) is 88.7 Å². The van der Waals surface area contributed by atoms with E-state index in [1.54, 1.807) is 25.4 Å². The molecule has 0 aliphatic carbocycles. The Morgan fingerprint density at radius 2 is 1.86 bits per heavy atom. The number of para-hydroxylation sites is 1. The zero-order chi connectivity index (χ0) is 24.9. The SMILES string of the molecule is CC(Sc1nnc(-c2cccnc2)n1-c1ccccc1C(C)C)C(=O)Nc1cccc([N+](=O)[O-])c1. The number of anilines is 1. The maximum Gasteiger partial charge on any atom is 0.271 e. The highest BCUT2D eigenvalue weighted by molar-refractivity contribution is 8.00. The third-order valence-electron chi connectivity index (χ3n) is 5.33. The minimum Gasteiger partial charge on any atom is -0.325 e. The van der Waals surface area contributed by atoms with Gasteiger partial charge in [-0.15, -0.1) is 10.2 Å². The van der Waals surface area contributed by atoms with Gasteiger partial charge in [-0.2, -0.15) is 0 Å². The Kier molecular flexibility index (Phi) is 7.21. The van der Waals surface area contributed by atoms with Crippen LogP contribution in [0.1, 0.15) is 32.3 Å². The summed E-state index contributed by atoms with van der Waals surface area (Å²) in [5.41, 5.74) is 3.13. The number of non-ortho nitro benzene ring substituents is 1. The van der Waals surface area contributed by atoms with Gasteiger partial charge >= 0.3 is 0 Å². The van der Waals surface area contributed by atoms with E-state index in [1.165, 1.54) is 30.0 Å². The van der Waals surface area contributed by atoms with Crippen LogP contribution < -0.4 is 5.32 Å². The van der Waals surface area contributed by atoms with Crippen LogP contribution in [-0.4, -0.2) is 35.8 Å². The summed E-state index contributed by atoms with van der Waals surface area (Å²) in [5.74, 6) is 0.577. The molecule has 2 heterocycles. The first-order valence-corrected chi connectivity index (χ1v) is 11.9. The summed E-state index contributed by atoms with van der Waals surface area (Å²) in [6, 6.07) is 17.6. The molecule has 0 fully saturated rings. The summed E-state index contributed by atoms with van der Waals surface area (Å²) < 4.78 is 1.95. The number of aromatic nitrogens is 4. The minimum absolute atomic E-state index is 0.0887. The van der Waals surface area contributed by atoms with Crippen LogP contribution in [0.3, 0.4) is 0 Å². The number of amides is 1. The number of hydrogen-bond acceptors (Lipinski definition) is 7. The highest BCUT2D eigenvalue weighted by Gasteiger charge is 2.24. The molecule has 0 aliphatic heterocycles. The van der Waals surface area contributed by atoms with Gasteiger partial charge in [0.1, 0.15) is 0 Å². The Morgan fingerprint density at radius 3 is 2.57 bits per heavy atom. The minimum atomic E-state index is -0.551. The van der Waals surface area contributed by atoms with Crippen LogP contribution in [0.5, 0.6) is 0 Å². The lowest BCUT2D eigenvalue weighted by Gasteiger charge is -2.18. The van der Waals surface area contributed by atoms with Crippen LogP contribution in [0.2, 0.25) is 0 Å². The fourth-order valence-electron chi connectivity index (χ4n) is 3.58. The number of hydrogen-bond donors (Lipinski definition) is 1. The molecule has 0 aliphatic rings. The van der Waals surface area contributed by atoms with Crippen molar-refractivity contribution in [3.8, 4) is 17.1 Å². The quantitative estimate of drug-likeness (QED) is 0.198. The smallest absolute Gasteiger partial charge is 0.271 e. The highest BCUT2D eigenvalue weighted by Crippen LogP contribution is 2.33. The molecular formula is C25H24N6O3S. The number of thioether (sulfide) groups is 1. The lowest BCUT2D eigenvalue weighted by Crippen LogP contribution is -2.23. The number of nitro benzene ring substituents is 1. The number of nitrogens with one attached hydrogen (secondary N) is 1. The average Bonchev–Trinajstić information content (AvgIpc) is 3.27. The standard InChI is InChI=1S/C25H24N6O3S/c1-16(2)21-11-4-5-12-22(21)30-23(18-8-7-13-26-15-18)28-29-25(30)35-17(3)24(32)27-19-9-6-10-20(14-19)31(33)34/h4-17H,1-3H3,(H,27,32). The first kappa shape index (κ1) is 24.1. The fraction of sp³-hybridized carbons (Fsp3) is 0.200. The van der Waals surface area contributed by atoms with Crippen LogP contribution in [0, 0.1) is 10.1 Å². The van der Waals surface area contributed by atoms with Gasteiger partial charge in [0.2, 0.25) is 5.91 Å². The van der Waals surface area contributed by atoms with E-state index in [0.717, 1.165) is 16.8 Å². The van der Waals surface area contributed by atoms with Crippen LogP contribution in [0.4, 0.5) is 11.4 Å². The van der Waals surface area contributed by atoms with E-state index in [2.05, 4.69) is 40.4 Å². The molecule has 35 heavy (non-hydrogen) atoms. The van der Waals surface area contributed by atoms with Gasteiger partial charge in [0, 0.05) is 35.8 Å². The lowest BCUT2D eigenvalue weighted by molar-refractivity contribution is -0.384. The molecule has 178 valence electrons. The summed E-state index contributed by atoms with van der Waals surface area (Å²) >= 11 is 1.26. The number of nitro groups is 1. The van der Waals surface area contributed by atoms with Crippen molar-refractivity contribution in [2.24, 2.45) is 0 Å². The Labute approximate surface area is 206 Å². The second-order valence-electron chi connectivity index (χ2n) is 8.15. The van der Waals surface area contributed by atoms with Gasteiger partial charge in [0.25, 0.3) is 5.69 Å². The van der Waals surface area contributed by atoms with E-state index in [4.69, 9.17) is 0 Å². The number of benzene rings is 2. The topological polar surface area (TPSA) is 116 Å². The van der Waals surface area contributed by atoms with Gasteiger partial charge in [-0.05, 0) is 42.7 Å². The van der Waals surface area contributed by atoms with Crippen LogP contribution in [0.25, 0.3) is 17.1 Å². The summed E-state index contributed by atoms with van der Waals surface area (Å²) in [4.78, 5) is 27.7. The monoisotopic (exact) mass is 488 g/mol. The second kappa shape index (κ2) is 10.5. The van der Waals surface area contributed by atoms with E-state index >= 15 is 0 Å². The van der Waals surface area contributed by atoms with Crippen LogP contribution >= 0.6 is 11.8 Å². The predicted octanol–water partition coefficient (Wildman–Crippen LogP) is 5.48. The number of nitrogens with zero attached hydrogens (tertiary/aromatic N) is 5. The molecule has 4 rings (SSSR count). The molecule has 1 amide bonds. The molecule has 0 saturated carbocycles. The fourth-order valence-corrected chi connectivity index (χ4v) is 4.44. The normalized spacial score (nSPS) is 11.9. The molecule has 9 nitrogen and oxygen atoms in total. The number of carbonyl (C=O) groups excluding carboxylic acids is 1. The molecule has 0 spiro atoms. The first-order chi connectivity index (χ1) is 16.8. The molecule has 2 aromatic carbocycles. The largest absolute Gasteiger partial charge is 0.325 e. The zero-order valence-corrected chi connectivity index (χ0v) is 20.3. The van der Waals surface area contributed by atoms with Crippen molar-refractivity contribution in [3.63, 3.8) is 0 Å². The average molecular weight is 489 g/mol. The van der Waals surface area contributed by atoms with Gasteiger partial charge < -0.3 is 5.32 Å². The van der Waals surface area contributed by atoms with Crippen molar-refractivity contribution < 1.29 is 9.72 Å². The van der Waals surface area contributed by atoms with Gasteiger partial charge in [0.15, 0.2) is 11.0 Å². The van der Waals surface area contributed by atoms with Gasteiger partial charge in [-0.25, -0.2) is 0 Å². The highest BCUT2D eigenvalue weighted by atomic mass is 32.2. The van der Waals surface area contributed by atoms with Crippen molar-refractivity contribution in [2.45, 2.75) is 37.1 Å². The molecule has 0 radical (unpaired) electrons. The third-order valence-corrected chi connectivity index (χ3v) is 6.37. The van der Waals surface area contributed by atoms with E-state index in [-0.39, 0.29) is 17.5 Å². The number of rotatable bonds is 8. The molecule has 1 atom stereocenters. The molecular weight excluding hydrogens is 464 g/mol. The third kappa shape index (κ3) is 5.38. The van der Waals surface area contributed by atoms with Gasteiger partial charge in [0.05, 0.1) is 15.9 Å². The first-order valence-electron chi connectivity index (χ1n) is 11.0. The molecule has 4 aromatic rings. The van der Waals surface area contributed by atoms with Crippen molar-refractivity contribution in [1.29, 1.82) is 0 Å². The Hall–Kier alpha value is -4.05. The van der Waals surface area contributed by atoms with Crippen molar-refractivity contribution >= 4 is 29.0 Å². The molecule has 1 N–H and O–H groups in total.